The first-order chi connectivity index (χ1) is 9.17. The number of nitriles is 1. The Morgan fingerprint density at radius 2 is 2.11 bits per heavy atom. The average molecular weight is 257 g/mol. The van der Waals surface area contributed by atoms with Gasteiger partial charge in [-0.3, -0.25) is 4.90 Å². The van der Waals surface area contributed by atoms with Crippen LogP contribution in [0.15, 0.2) is 24.3 Å². The second-order valence-electron chi connectivity index (χ2n) is 5.57. The van der Waals surface area contributed by atoms with Gasteiger partial charge in [0.05, 0.1) is 11.6 Å². The maximum Gasteiger partial charge on any atom is 0.0991 e. The largest absolute Gasteiger partial charge is 0.329 e. The third-order valence-electron chi connectivity index (χ3n) is 4.42. The predicted molar refractivity (Wildman–Crippen MR) is 77.5 cm³/mol. The Balaban J connectivity index is 2.17. The summed E-state index contributed by atoms with van der Waals surface area (Å²) in [6.45, 7) is 6.38. The van der Waals surface area contributed by atoms with E-state index in [1.165, 1.54) is 18.4 Å². The minimum absolute atomic E-state index is 0.365. The van der Waals surface area contributed by atoms with Crippen LogP contribution < -0.4 is 5.73 Å². The Morgan fingerprint density at radius 3 is 2.68 bits per heavy atom. The molecule has 0 saturated carbocycles. The van der Waals surface area contributed by atoms with E-state index in [0.717, 1.165) is 18.7 Å². The molecule has 0 aliphatic carbocycles. The maximum atomic E-state index is 8.85. The zero-order valence-electron chi connectivity index (χ0n) is 11.8. The van der Waals surface area contributed by atoms with Crippen molar-refractivity contribution in [3.05, 3.63) is 35.4 Å². The van der Waals surface area contributed by atoms with Crippen molar-refractivity contribution in [1.29, 1.82) is 5.26 Å². The van der Waals surface area contributed by atoms with Crippen LogP contribution in [0.1, 0.15) is 43.9 Å². The lowest BCUT2D eigenvalue weighted by Crippen LogP contribution is -2.49. The van der Waals surface area contributed by atoms with Gasteiger partial charge in [0, 0.05) is 18.6 Å². The highest BCUT2D eigenvalue weighted by Gasteiger charge is 2.30. The van der Waals surface area contributed by atoms with E-state index in [1.54, 1.807) is 0 Å². The summed E-state index contributed by atoms with van der Waals surface area (Å²) in [6.07, 6.45) is 2.52. The van der Waals surface area contributed by atoms with Gasteiger partial charge in [-0.15, -0.1) is 0 Å². The van der Waals surface area contributed by atoms with Gasteiger partial charge < -0.3 is 5.73 Å². The number of nitrogens with zero attached hydrogens (tertiary/aromatic N) is 2. The van der Waals surface area contributed by atoms with Gasteiger partial charge in [-0.2, -0.15) is 5.26 Å². The molecule has 1 aliphatic rings. The van der Waals surface area contributed by atoms with Gasteiger partial charge in [0.1, 0.15) is 0 Å². The van der Waals surface area contributed by atoms with E-state index in [1.807, 2.05) is 12.1 Å². The molecular weight excluding hydrogens is 234 g/mol. The zero-order chi connectivity index (χ0) is 13.8. The highest BCUT2D eigenvalue weighted by Crippen LogP contribution is 2.31. The van der Waals surface area contributed by atoms with Crippen LogP contribution in [0.25, 0.3) is 0 Å². The van der Waals surface area contributed by atoms with Crippen LogP contribution in [0.4, 0.5) is 0 Å². The topological polar surface area (TPSA) is 53.0 Å². The summed E-state index contributed by atoms with van der Waals surface area (Å²) in [4.78, 5) is 2.52. The molecule has 3 heteroatoms. The van der Waals surface area contributed by atoms with E-state index in [9.17, 15) is 0 Å². The third kappa shape index (κ3) is 2.97. The molecule has 0 aromatic heterocycles. The Labute approximate surface area is 116 Å². The fourth-order valence-electron chi connectivity index (χ4n) is 3.16. The summed E-state index contributed by atoms with van der Waals surface area (Å²) in [5.74, 6) is 0.666. The van der Waals surface area contributed by atoms with Crippen molar-refractivity contribution in [2.45, 2.75) is 38.8 Å². The summed E-state index contributed by atoms with van der Waals surface area (Å²) < 4.78 is 0. The lowest BCUT2D eigenvalue weighted by Gasteiger charge is -2.43. The molecule has 0 radical (unpaired) electrons. The first-order valence-electron chi connectivity index (χ1n) is 7.13. The van der Waals surface area contributed by atoms with E-state index in [0.29, 0.717) is 18.0 Å². The smallest absolute Gasteiger partial charge is 0.0991 e. The molecule has 0 bridgehead atoms. The zero-order valence-corrected chi connectivity index (χ0v) is 11.8. The van der Waals surface area contributed by atoms with Crippen molar-refractivity contribution in [1.82, 2.24) is 4.90 Å². The van der Waals surface area contributed by atoms with Gasteiger partial charge in [-0.25, -0.2) is 0 Å². The molecule has 1 aromatic rings. The first kappa shape index (κ1) is 14.0. The Bertz CT molecular complexity index is 446. The summed E-state index contributed by atoms with van der Waals surface area (Å²) in [5, 5.41) is 8.85. The second-order valence-corrected chi connectivity index (χ2v) is 5.57. The molecule has 0 spiro atoms. The van der Waals surface area contributed by atoms with Crippen molar-refractivity contribution in [2.75, 3.05) is 13.1 Å². The second kappa shape index (κ2) is 6.18. The molecule has 102 valence electrons. The van der Waals surface area contributed by atoms with Crippen LogP contribution in [0, 0.1) is 17.2 Å². The molecule has 3 unspecified atom stereocenters. The molecule has 19 heavy (non-hydrogen) atoms. The van der Waals surface area contributed by atoms with E-state index >= 15 is 0 Å². The Kier molecular flexibility index (Phi) is 4.57. The van der Waals surface area contributed by atoms with Crippen LogP contribution in [0.5, 0.6) is 0 Å². The Hall–Kier alpha value is -1.37. The van der Waals surface area contributed by atoms with Gasteiger partial charge in [-0.05, 0) is 49.9 Å². The molecule has 2 N–H and O–H groups in total. The van der Waals surface area contributed by atoms with Crippen molar-refractivity contribution in [2.24, 2.45) is 11.7 Å². The monoisotopic (exact) mass is 257 g/mol. The van der Waals surface area contributed by atoms with Crippen molar-refractivity contribution >= 4 is 0 Å². The number of nitrogens with two attached hydrogens (primary N) is 1. The van der Waals surface area contributed by atoms with E-state index < -0.39 is 0 Å². The average Bonchev–Trinajstić information content (AvgIpc) is 2.46. The number of rotatable bonds is 3. The molecule has 0 amide bonds. The number of benzene rings is 1. The summed E-state index contributed by atoms with van der Waals surface area (Å²) in [5.41, 5.74) is 7.95. The van der Waals surface area contributed by atoms with Crippen molar-refractivity contribution < 1.29 is 0 Å². The minimum Gasteiger partial charge on any atom is -0.329 e. The molecular formula is C16H23N3. The number of likely N-dealkylation sites (tertiary alicyclic amines) is 1. The van der Waals surface area contributed by atoms with Gasteiger partial charge >= 0.3 is 0 Å². The Morgan fingerprint density at radius 1 is 1.42 bits per heavy atom. The van der Waals surface area contributed by atoms with Gasteiger partial charge in [-0.1, -0.05) is 19.1 Å². The molecule has 1 heterocycles. The SMILES string of the molecule is CC1CCCN(C(C)c2ccc(C#N)cc2)C1CN. The van der Waals surface area contributed by atoms with E-state index in [4.69, 9.17) is 11.0 Å². The molecule has 1 fully saturated rings. The summed E-state index contributed by atoms with van der Waals surface area (Å²) >= 11 is 0. The lowest BCUT2D eigenvalue weighted by atomic mass is 9.88. The van der Waals surface area contributed by atoms with Gasteiger partial charge in [0.2, 0.25) is 0 Å². The highest BCUT2D eigenvalue weighted by atomic mass is 15.2. The lowest BCUT2D eigenvalue weighted by molar-refractivity contribution is 0.0690. The first-order valence-corrected chi connectivity index (χ1v) is 7.13. The highest BCUT2D eigenvalue weighted by molar-refractivity contribution is 5.32. The van der Waals surface area contributed by atoms with Gasteiger partial charge in [0.15, 0.2) is 0 Å². The van der Waals surface area contributed by atoms with Crippen molar-refractivity contribution in [3.8, 4) is 6.07 Å². The number of hydrogen-bond donors (Lipinski definition) is 1. The maximum absolute atomic E-state index is 8.85. The molecule has 2 rings (SSSR count). The van der Waals surface area contributed by atoms with Crippen molar-refractivity contribution in [3.63, 3.8) is 0 Å². The summed E-state index contributed by atoms with van der Waals surface area (Å²) in [7, 11) is 0. The molecule has 1 aromatic carbocycles. The fraction of sp³-hybridized carbons (Fsp3) is 0.562. The normalized spacial score (nSPS) is 25.8. The molecule has 1 aliphatic heterocycles. The fourth-order valence-corrected chi connectivity index (χ4v) is 3.16. The van der Waals surface area contributed by atoms with Crippen LogP contribution >= 0.6 is 0 Å². The minimum atomic E-state index is 0.365. The summed E-state index contributed by atoms with van der Waals surface area (Å²) in [6, 6.07) is 10.9. The van der Waals surface area contributed by atoms with E-state index in [-0.39, 0.29) is 0 Å². The van der Waals surface area contributed by atoms with E-state index in [2.05, 4.69) is 36.9 Å². The predicted octanol–water partition coefficient (Wildman–Crippen LogP) is 2.68. The number of piperidine rings is 1. The standard InChI is InChI=1S/C16H23N3/c1-12-4-3-9-19(16(12)11-18)13(2)15-7-5-14(10-17)6-8-15/h5-8,12-13,16H,3-4,9,11,18H2,1-2H3. The van der Waals surface area contributed by atoms with Gasteiger partial charge in [0.25, 0.3) is 0 Å². The molecule has 1 saturated heterocycles. The van der Waals surface area contributed by atoms with Crippen LogP contribution in [0.2, 0.25) is 0 Å². The van der Waals surface area contributed by atoms with Crippen LogP contribution in [-0.4, -0.2) is 24.0 Å². The molecule has 3 nitrogen and oxygen atoms in total. The quantitative estimate of drug-likeness (QED) is 0.905. The molecule has 3 atom stereocenters. The van der Waals surface area contributed by atoms with Crippen LogP contribution in [0.3, 0.4) is 0 Å². The number of hydrogen-bond acceptors (Lipinski definition) is 3. The van der Waals surface area contributed by atoms with Crippen LogP contribution in [-0.2, 0) is 0 Å². The third-order valence-corrected chi connectivity index (χ3v) is 4.42.